The maximum atomic E-state index is 11.0. The highest BCUT2D eigenvalue weighted by atomic mass is 79.9. The fourth-order valence-electron chi connectivity index (χ4n) is 2.98. The third-order valence-corrected chi connectivity index (χ3v) is 4.78. The fourth-order valence-corrected chi connectivity index (χ4v) is 3.25. The molecule has 0 aromatic heterocycles. The van der Waals surface area contributed by atoms with Crippen molar-refractivity contribution in [3.63, 3.8) is 0 Å². The Bertz CT molecular complexity index is 685. The SMILES string of the molecule is CC(=O)Nc1ccc(CNC2CCN(c3ccc(Br)cc3)C2)cc1. The van der Waals surface area contributed by atoms with Gasteiger partial charge in [-0.05, 0) is 48.4 Å². The van der Waals surface area contributed by atoms with E-state index in [4.69, 9.17) is 0 Å². The fraction of sp³-hybridized carbons (Fsp3) is 0.316. The van der Waals surface area contributed by atoms with Crippen LogP contribution >= 0.6 is 15.9 Å². The van der Waals surface area contributed by atoms with E-state index in [-0.39, 0.29) is 5.91 Å². The maximum absolute atomic E-state index is 11.0. The minimum absolute atomic E-state index is 0.0418. The summed E-state index contributed by atoms with van der Waals surface area (Å²) in [6, 6.07) is 17.0. The van der Waals surface area contributed by atoms with Crippen LogP contribution < -0.4 is 15.5 Å². The number of benzene rings is 2. The lowest BCUT2D eigenvalue weighted by Crippen LogP contribution is -2.32. The van der Waals surface area contributed by atoms with E-state index in [1.54, 1.807) is 0 Å². The Balaban J connectivity index is 1.49. The largest absolute Gasteiger partial charge is 0.370 e. The molecule has 3 rings (SSSR count). The van der Waals surface area contributed by atoms with Crippen molar-refractivity contribution in [1.29, 1.82) is 0 Å². The lowest BCUT2D eigenvalue weighted by atomic mass is 10.2. The molecule has 1 aliphatic rings. The van der Waals surface area contributed by atoms with Crippen LogP contribution in [0.3, 0.4) is 0 Å². The minimum atomic E-state index is -0.0418. The highest BCUT2D eigenvalue weighted by Gasteiger charge is 2.22. The number of hydrogen-bond acceptors (Lipinski definition) is 3. The van der Waals surface area contributed by atoms with Gasteiger partial charge in [0.2, 0.25) is 5.91 Å². The summed E-state index contributed by atoms with van der Waals surface area (Å²) in [6.07, 6.45) is 1.15. The lowest BCUT2D eigenvalue weighted by molar-refractivity contribution is -0.114. The van der Waals surface area contributed by atoms with Gasteiger partial charge in [0.1, 0.15) is 0 Å². The van der Waals surface area contributed by atoms with Crippen molar-refractivity contribution in [3.8, 4) is 0 Å². The summed E-state index contributed by atoms with van der Waals surface area (Å²) < 4.78 is 1.11. The average Bonchev–Trinajstić information content (AvgIpc) is 3.03. The molecule has 1 aliphatic heterocycles. The van der Waals surface area contributed by atoms with E-state index >= 15 is 0 Å². The molecule has 0 spiro atoms. The van der Waals surface area contributed by atoms with E-state index in [9.17, 15) is 4.79 Å². The Kier molecular flexibility index (Phi) is 5.53. The molecule has 126 valence electrons. The molecular weight excluding hydrogens is 366 g/mol. The molecule has 1 unspecified atom stereocenters. The molecule has 0 bridgehead atoms. The molecule has 24 heavy (non-hydrogen) atoms. The zero-order chi connectivity index (χ0) is 16.9. The first kappa shape index (κ1) is 17.0. The van der Waals surface area contributed by atoms with Crippen molar-refractivity contribution in [2.75, 3.05) is 23.3 Å². The first-order valence-electron chi connectivity index (χ1n) is 8.20. The molecule has 1 amide bonds. The van der Waals surface area contributed by atoms with Crippen LogP contribution in [0, 0.1) is 0 Å². The molecule has 1 saturated heterocycles. The van der Waals surface area contributed by atoms with Crippen molar-refractivity contribution in [2.45, 2.75) is 25.9 Å². The first-order valence-corrected chi connectivity index (χ1v) is 9.00. The third kappa shape index (κ3) is 4.58. The summed E-state index contributed by atoms with van der Waals surface area (Å²) in [5.41, 5.74) is 3.35. The van der Waals surface area contributed by atoms with Gasteiger partial charge in [0.15, 0.2) is 0 Å². The summed E-state index contributed by atoms with van der Waals surface area (Å²) in [5, 5.41) is 6.42. The van der Waals surface area contributed by atoms with Gasteiger partial charge in [-0.25, -0.2) is 0 Å². The molecule has 2 aromatic rings. The molecule has 0 aliphatic carbocycles. The van der Waals surface area contributed by atoms with Crippen LogP contribution in [0.4, 0.5) is 11.4 Å². The Hall–Kier alpha value is -1.85. The van der Waals surface area contributed by atoms with Crippen LogP contribution in [0.25, 0.3) is 0 Å². The van der Waals surface area contributed by atoms with Crippen LogP contribution in [-0.2, 0) is 11.3 Å². The van der Waals surface area contributed by atoms with Crippen molar-refractivity contribution in [3.05, 3.63) is 58.6 Å². The topological polar surface area (TPSA) is 44.4 Å². The number of amides is 1. The summed E-state index contributed by atoms with van der Waals surface area (Å²) in [7, 11) is 0. The predicted molar refractivity (Wildman–Crippen MR) is 102 cm³/mol. The average molecular weight is 388 g/mol. The number of nitrogens with one attached hydrogen (secondary N) is 2. The Morgan fingerprint density at radius 3 is 2.54 bits per heavy atom. The Labute approximate surface area is 151 Å². The van der Waals surface area contributed by atoms with E-state index in [1.165, 1.54) is 18.2 Å². The van der Waals surface area contributed by atoms with Crippen LogP contribution in [0.2, 0.25) is 0 Å². The van der Waals surface area contributed by atoms with Gasteiger partial charge < -0.3 is 15.5 Å². The zero-order valence-electron chi connectivity index (χ0n) is 13.8. The van der Waals surface area contributed by atoms with E-state index in [0.717, 1.165) is 36.2 Å². The van der Waals surface area contributed by atoms with Crippen molar-refractivity contribution in [2.24, 2.45) is 0 Å². The molecule has 1 heterocycles. The number of rotatable bonds is 5. The van der Waals surface area contributed by atoms with Gasteiger partial charge in [0.05, 0.1) is 0 Å². The van der Waals surface area contributed by atoms with E-state index < -0.39 is 0 Å². The molecule has 2 N–H and O–H groups in total. The molecule has 0 saturated carbocycles. The molecule has 5 heteroatoms. The molecule has 4 nitrogen and oxygen atoms in total. The number of hydrogen-bond donors (Lipinski definition) is 2. The summed E-state index contributed by atoms with van der Waals surface area (Å²) >= 11 is 3.48. The van der Waals surface area contributed by atoms with E-state index in [0.29, 0.717) is 6.04 Å². The first-order chi connectivity index (χ1) is 11.6. The van der Waals surface area contributed by atoms with E-state index in [2.05, 4.69) is 67.9 Å². The minimum Gasteiger partial charge on any atom is -0.370 e. The van der Waals surface area contributed by atoms with Gasteiger partial charge in [-0.1, -0.05) is 28.1 Å². The van der Waals surface area contributed by atoms with Crippen molar-refractivity contribution >= 4 is 33.2 Å². The normalized spacial score (nSPS) is 17.1. The number of nitrogens with zero attached hydrogens (tertiary/aromatic N) is 1. The number of carbonyl (C=O) groups excluding carboxylic acids is 1. The molecule has 1 atom stereocenters. The highest BCUT2D eigenvalue weighted by Crippen LogP contribution is 2.22. The Morgan fingerprint density at radius 1 is 1.17 bits per heavy atom. The van der Waals surface area contributed by atoms with Crippen LogP contribution in [0.1, 0.15) is 18.9 Å². The number of anilines is 2. The van der Waals surface area contributed by atoms with Gasteiger partial charge in [-0.2, -0.15) is 0 Å². The summed E-state index contributed by atoms with van der Waals surface area (Å²) in [4.78, 5) is 13.5. The van der Waals surface area contributed by atoms with Crippen LogP contribution in [0.15, 0.2) is 53.0 Å². The lowest BCUT2D eigenvalue weighted by Gasteiger charge is -2.19. The van der Waals surface area contributed by atoms with Crippen molar-refractivity contribution in [1.82, 2.24) is 5.32 Å². The summed E-state index contributed by atoms with van der Waals surface area (Å²) in [5.74, 6) is -0.0418. The highest BCUT2D eigenvalue weighted by molar-refractivity contribution is 9.10. The van der Waals surface area contributed by atoms with Gasteiger partial charge >= 0.3 is 0 Å². The quantitative estimate of drug-likeness (QED) is 0.820. The molecule has 0 radical (unpaired) electrons. The zero-order valence-corrected chi connectivity index (χ0v) is 15.3. The second kappa shape index (κ2) is 7.81. The van der Waals surface area contributed by atoms with Gasteiger partial charge in [-0.15, -0.1) is 0 Å². The van der Waals surface area contributed by atoms with Gasteiger partial charge in [0, 0.05) is 48.4 Å². The van der Waals surface area contributed by atoms with Gasteiger partial charge in [-0.3, -0.25) is 4.79 Å². The molecular formula is C19H22BrN3O. The van der Waals surface area contributed by atoms with Crippen molar-refractivity contribution < 1.29 is 4.79 Å². The Morgan fingerprint density at radius 2 is 1.88 bits per heavy atom. The monoisotopic (exact) mass is 387 g/mol. The second-order valence-electron chi connectivity index (χ2n) is 6.17. The third-order valence-electron chi connectivity index (χ3n) is 4.25. The second-order valence-corrected chi connectivity index (χ2v) is 7.08. The number of halogens is 1. The number of carbonyl (C=O) groups is 1. The van der Waals surface area contributed by atoms with E-state index in [1.807, 2.05) is 12.1 Å². The standard InChI is InChI=1S/C19H22BrN3O/c1-14(24)22-17-6-2-15(3-7-17)12-21-18-10-11-23(13-18)19-8-4-16(20)5-9-19/h2-9,18,21H,10-13H2,1H3,(H,22,24). The van der Waals surface area contributed by atoms with Gasteiger partial charge in [0.25, 0.3) is 0 Å². The maximum Gasteiger partial charge on any atom is 0.221 e. The smallest absolute Gasteiger partial charge is 0.221 e. The molecule has 1 fully saturated rings. The van der Waals surface area contributed by atoms with Crippen LogP contribution in [0.5, 0.6) is 0 Å². The molecule has 2 aromatic carbocycles. The summed E-state index contributed by atoms with van der Waals surface area (Å²) in [6.45, 7) is 4.48. The predicted octanol–water partition coefficient (Wildman–Crippen LogP) is 3.78. The van der Waals surface area contributed by atoms with Crippen LogP contribution in [-0.4, -0.2) is 25.0 Å².